The van der Waals surface area contributed by atoms with E-state index in [1.165, 1.54) is 16.2 Å². The van der Waals surface area contributed by atoms with Crippen molar-refractivity contribution in [3.05, 3.63) is 51.7 Å². The molecule has 0 atom stereocenters. The van der Waals surface area contributed by atoms with Crippen molar-refractivity contribution < 1.29 is 19.1 Å². The molecule has 1 aromatic heterocycles. The number of ketones is 1. The average Bonchev–Trinajstić information content (AvgIpc) is 3.05. The highest BCUT2D eigenvalue weighted by Crippen LogP contribution is 2.29. The molecule has 1 amide bonds. The maximum Gasteiger partial charge on any atom is 0.259 e. The number of nitrogens with zero attached hydrogens (tertiary/aromatic N) is 1. The molecular formula is C20H23NO4S. The standard InChI is InChI=1S/C20H23NO4S/c1-5-24-18-12-15(7-9-16(22)19-11-6-14(2)26-19)8-10-17(18)25-13-20(23)21(3)4/h6-12H,5,13H2,1-4H3/b9-7+. The number of hydrogen-bond donors (Lipinski definition) is 0. The summed E-state index contributed by atoms with van der Waals surface area (Å²) < 4.78 is 11.2. The molecule has 2 rings (SSSR count). The number of thiophene rings is 1. The number of amides is 1. The third-order valence-electron chi connectivity index (χ3n) is 3.53. The van der Waals surface area contributed by atoms with Crippen LogP contribution in [-0.4, -0.2) is 43.9 Å². The van der Waals surface area contributed by atoms with E-state index in [1.54, 1.807) is 38.4 Å². The number of rotatable bonds is 8. The molecule has 0 unspecified atom stereocenters. The summed E-state index contributed by atoms with van der Waals surface area (Å²) in [5, 5.41) is 0. The van der Waals surface area contributed by atoms with Crippen molar-refractivity contribution in [2.24, 2.45) is 0 Å². The molecular weight excluding hydrogens is 350 g/mol. The Hall–Kier alpha value is -2.60. The Balaban J connectivity index is 2.12. The predicted octanol–water partition coefficient (Wildman–Crippen LogP) is 3.82. The van der Waals surface area contributed by atoms with Crippen LogP contribution in [0.25, 0.3) is 6.08 Å². The SMILES string of the molecule is CCOc1cc(/C=C/C(=O)c2ccc(C)s2)ccc1OCC(=O)N(C)C. The van der Waals surface area contributed by atoms with Gasteiger partial charge in [0.05, 0.1) is 11.5 Å². The van der Waals surface area contributed by atoms with E-state index >= 15 is 0 Å². The molecule has 0 aliphatic heterocycles. The lowest BCUT2D eigenvalue weighted by Gasteiger charge is -2.14. The molecule has 0 saturated carbocycles. The summed E-state index contributed by atoms with van der Waals surface area (Å²) in [6, 6.07) is 9.12. The summed E-state index contributed by atoms with van der Waals surface area (Å²) in [7, 11) is 3.35. The van der Waals surface area contributed by atoms with Gasteiger partial charge in [0.15, 0.2) is 23.9 Å². The fourth-order valence-corrected chi connectivity index (χ4v) is 2.89. The number of allylic oxidation sites excluding steroid dienone is 1. The molecule has 0 bridgehead atoms. The molecule has 1 heterocycles. The smallest absolute Gasteiger partial charge is 0.259 e. The molecule has 0 aliphatic carbocycles. The molecule has 0 fully saturated rings. The van der Waals surface area contributed by atoms with Crippen LogP contribution in [0.15, 0.2) is 36.4 Å². The monoisotopic (exact) mass is 373 g/mol. The van der Waals surface area contributed by atoms with Crippen LogP contribution in [0.4, 0.5) is 0 Å². The number of benzene rings is 1. The van der Waals surface area contributed by atoms with Crippen molar-refractivity contribution >= 4 is 29.1 Å². The first kappa shape index (κ1) is 19.7. The zero-order valence-electron chi connectivity index (χ0n) is 15.4. The van der Waals surface area contributed by atoms with E-state index in [0.717, 1.165) is 10.4 Å². The van der Waals surface area contributed by atoms with Crippen LogP contribution in [0.5, 0.6) is 11.5 Å². The summed E-state index contributed by atoms with van der Waals surface area (Å²) in [5.74, 6) is 0.881. The highest BCUT2D eigenvalue weighted by atomic mass is 32.1. The van der Waals surface area contributed by atoms with Gasteiger partial charge in [-0.3, -0.25) is 9.59 Å². The number of carbonyl (C=O) groups is 2. The Labute approximate surface area is 157 Å². The van der Waals surface area contributed by atoms with Crippen LogP contribution < -0.4 is 9.47 Å². The van der Waals surface area contributed by atoms with E-state index in [0.29, 0.717) is 23.0 Å². The third-order valence-corrected chi connectivity index (χ3v) is 4.54. The van der Waals surface area contributed by atoms with Crippen LogP contribution in [0.3, 0.4) is 0 Å². The Morgan fingerprint density at radius 3 is 2.50 bits per heavy atom. The maximum atomic E-state index is 12.2. The summed E-state index contributed by atoms with van der Waals surface area (Å²) in [6.45, 7) is 4.26. The summed E-state index contributed by atoms with van der Waals surface area (Å²) in [4.78, 5) is 27.1. The number of aryl methyl sites for hydroxylation is 1. The van der Waals surface area contributed by atoms with E-state index < -0.39 is 0 Å². The predicted molar refractivity (Wildman–Crippen MR) is 104 cm³/mol. The molecule has 1 aromatic carbocycles. The van der Waals surface area contributed by atoms with Crippen molar-refractivity contribution in [1.82, 2.24) is 4.90 Å². The highest BCUT2D eigenvalue weighted by Gasteiger charge is 2.10. The third kappa shape index (κ3) is 5.46. The van der Waals surface area contributed by atoms with Gasteiger partial charge in [-0.2, -0.15) is 0 Å². The molecule has 0 aliphatic rings. The van der Waals surface area contributed by atoms with Crippen LogP contribution >= 0.6 is 11.3 Å². The van der Waals surface area contributed by atoms with Gasteiger partial charge in [0.25, 0.3) is 5.91 Å². The zero-order valence-corrected chi connectivity index (χ0v) is 16.3. The van der Waals surface area contributed by atoms with Gasteiger partial charge >= 0.3 is 0 Å². The molecule has 0 saturated heterocycles. The number of ether oxygens (including phenoxy) is 2. The van der Waals surface area contributed by atoms with Gasteiger partial charge in [-0.15, -0.1) is 11.3 Å². The second-order valence-corrected chi connectivity index (χ2v) is 7.11. The van der Waals surface area contributed by atoms with Crippen molar-refractivity contribution in [3.63, 3.8) is 0 Å². The normalized spacial score (nSPS) is 10.8. The summed E-state index contributed by atoms with van der Waals surface area (Å²) >= 11 is 1.47. The minimum Gasteiger partial charge on any atom is -0.490 e. The molecule has 6 heteroatoms. The summed E-state index contributed by atoms with van der Waals surface area (Å²) in [5.41, 5.74) is 0.821. The Kier molecular flexibility index (Phi) is 6.97. The largest absolute Gasteiger partial charge is 0.490 e. The first-order chi connectivity index (χ1) is 12.4. The molecule has 0 radical (unpaired) electrons. The van der Waals surface area contributed by atoms with Gasteiger partial charge in [0.2, 0.25) is 0 Å². The Bertz CT molecular complexity index is 808. The lowest BCUT2D eigenvalue weighted by molar-refractivity contribution is -0.130. The van der Waals surface area contributed by atoms with Crippen molar-refractivity contribution in [2.45, 2.75) is 13.8 Å². The van der Waals surface area contributed by atoms with Gasteiger partial charge in [0, 0.05) is 19.0 Å². The topological polar surface area (TPSA) is 55.8 Å². The van der Waals surface area contributed by atoms with Crippen LogP contribution in [0.2, 0.25) is 0 Å². The number of likely N-dealkylation sites (N-methyl/N-ethyl adjacent to an activating group) is 1. The van der Waals surface area contributed by atoms with Gasteiger partial charge in [-0.1, -0.05) is 12.1 Å². The number of carbonyl (C=O) groups excluding carboxylic acids is 2. The molecule has 26 heavy (non-hydrogen) atoms. The minimum atomic E-state index is -0.131. The zero-order chi connectivity index (χ0) is 19.1. The molecule has 0 N–H and O–H groups in total. The van der Waals surface area contributed by atoms with Gasteiger partial charge in [-0.05, 0) is 49.8 Å². The number of hydrogen-bond acceptors (Lipinski definition) is 5. The molecule has 2 aromatic rings. The van der Waals surface area contributed by atoms with E-state index in [-0.39, 0.29) is 18.3 Å². The van der Waals surface area contributed by atoms with E-state index in [9.17, 15) is 9.59 Å². The van der Waals surface area contributed by atoms with E-state index in [1.807, 2.05) is 32.0 Å². The van der Waals surface area contributed by atoms with E-state index in [4.69, 9.17) is 9.47 Å². The summed E-state index contributed by atoms with van der Waals surface area (Å²) in [6.07, 6.45) is 3.29. The van der Waals surface area contributed by atoms with Crippen molar-refractivity contribution in [1.29, 1.82) is 0 Å². The fourth-order valence-electron chi connectivity index (χ4n) is 2.11. The van der Waals surface area contributed by atoms with Crippen LogP contribution in [0.1, 0.15) is 27.0 Å². The lowest BCUT2D eigenvalue weighted by atomic mass is 10.1. The fraction of sp³-hybridized carbons (Fsp3) is 0.300. The second-order valence-electron chi connectivity index (χ2n) is 5.82. The highest BCUT2D eigenvalue weighted by molar-refractivity contribution is 7.14. The quantitative estimate of drug-likeness (QED) is 0.521. The van der Waals surface area contributed by atoms with Crippen LogP contribution in [-0.2, 0) is 4.79 Å². The van der Waals surface area contributed by atoms with Gasteiger partial charge in [-0.25, -0.2) is 0 Å². The maximum absolute atomic E-state index is 12.2. The van der Waals surface area contributed by atoms with Crippen molar-refractivity contribution in [2.75, 3.05) is 27.3 Å². The van der Waals surface area contributed by atoms with Crippen molar-refractivity contribution in [3.8, 4) is 11.5 Å². The Morgan fingerprint density at radius 1 is 1.12 bits per heavy atom. The van der Waals surface area contributed by atoms with Crippen LogP contribution in [0, 0.1) is 6.92 Å². The Morgan fingerprint density at radius 2 is 1.88 bits per heavy atom. The first-order valence-electron chi connectivity index (χ1n) is 8.29. The molecule has 5 nitrogen and oxygen atoms in total. The average molecular weight is 373 g/mol. The molecule has 0 spiro atoms. The first-order valence-corrected chi connectivity index (χ1v) is 9.11. The molecule has 138 valence electrons. The van der Waals surface area contributed by atoms with Gasteiger partial charge < -0.3 is 14.4 Å². The van der Waals surface area contributed by atoms with E-state index in [2.05, 4.69) is 0 Å². The minimum absolute atomic E-state index is 0.0297. The lowest BCUT2D eigenvalue weighted by Crippen LogP contribution is -2.27. The second kappa shape index (κ2) is 9.20. The van der Waals surface area contributed by atoms with Gasteiger partial charge in [0.1, 0.15) is 0 Å².